The van der Waals surface area contributed by atoms with Crippen LogP contribution in [0, 0.1) is 0 Å². The van der Waals surface area contributed by atoms with E-state index in [1.165, 1.54) is 5.56 Å². The standard InChI is InChI=1S/C14H22N2O2/c1-11(2)15-8-12-5-6-14(16-9-12)18-10-13-4-3-7-17-13/h5-6,9,11,13,15H,3-4,7-8,10H2,1-2H3. The molecule has 1 aliphatic rings. The van der Waals surface area contributed by atoms with Crippen LogP contribution in [0.3, 0.4) is 0 Å². The first kappa shape index (κ1) is 13.3. The molecule has 1 fully saturated rings. The summed E-state index contributed by atoms with van der Waals surface area (Å²) >= 11 is 0. The number of hydrogen-bond donors (Lipinski definition) is 1. The van der Waals surface area contributed by atoms with Gasteiger partial charge in [-0.1, -0.05) is 19.9 Å². The Morgan fingerprint density at radius 1 is 1.50 bits per heavy atom. The second kappa shape index (κ2) is 6.71. The quantitative estimate of drug-likeness (QED) is 0.840. The largest absolute Gasteiger partial charge is 0.475 e. The summed E-state index contributed by atoms with van der Waals surface area (Å²) in [6.45, 7) is 6.58. The maximum absolute atomic E-state index is 5.61. The molecule has 0 radical (unpaired) electrons. The molecule has 1 N–H and O–H groups in total. The summed E-state index contributed by atoms with van der Waals surface area (Å²) in [6.07, 6.45) is 4.34. The van der Waals surface area contributed by atoms with Crippen LogP contribution in [0.5, 0.6) is 5.88 Å². The molecule has 4 heteroatoms. The first-order valence-electron chi connectivity index (χ1n) is 6.67. The third-order valence-electron chi connectivity index (χ3n) is 2.95. The van der Waals surface area contributed by atoms with E-state index in [2.05, 4.69) is 24.1 Å². The zero-order valence-corrected chi connectivity index (χ0v) is 11.2. The second-order valence-electron chi connectivity index (χ2n) is 4.99. The van der Waals surface area contributed by atoms with Gasteiger partial charge in [-0.05, 0) is 18.4 Å². The highest BCUT2D eigenvalue weighted by Crippen LogP contribution is 2.14. The number of ether oxygens (including phenoxy) is 2. The van der Waals surface area contributed by atoms with Crippen molar-refractivity contribution >= 4 is 0 Å². The van der Waals surface area contributed by atoms with Gasteiger partial charge in [0.25, 0.3) is 0 Å². The monoisotopic (exact) mass is 250 g/mol. The molecule has 100 valence electrons. The molecular weight excluding hydrogens is 228 g/mol. The van der Waals surface area contributed by atoms with Crippen molar-refractivity contribution in [3.8, 4) is 5.88 Å². The van der Waals surface area contributed by atoms with Gasteiger partial charge in [0.05, 0.1) is 6.10 Å². The summed E-state index contributed by atoms with van der Waals surface area (Å²) in [5, 5.41) is 3.36. The molecule has 1 aliphatic heterocycles. The minimum atomic E-state index is 0.245. The van der Waals surface area contributed by atoms with E-state index >= 15 is 0 Å². The highest BCUT2D eigenvalue weighted by Gasteiger charge is 2.16. The van der Waals surface area contributed by atoms with E-state index in [4.69, 9.17) is 9.47 Å². The molecule has 1 aromatic rings. The molecule has 0 saturated carbocycles. The predicted molar refractivity (Wildman–Crippen MR) is 70.7 cm³/mol. The van der Waals surface area contributed by atoms with Gasteiger partial charge in [0.1, 0.15) is 6.61 Å². The summed E-state index contributed by atoms with van der Waals surface area (Å²) in [5.41, 5.74) is 1.17. The minimum Gasteiger partial charge on any atom is -0.475 e. The number of aromatic nitrogens is 1. The summed E-state index contributed by atoms with van der Waals surface area (Å²) in [4.78, 5) is 4.30. The van der Waals surface area contributed by atoms with Crippen molar-refractivity contribution < 1.29 is 9.47 Å². The van der Waals surface area contributed by atoms with E-state index in [0.717, 1.165) is 26.0 Å². The summed E-state index contributed by atoms with van der Waals surface area (Å²) < 4.78 is 11.1. The molecule has 0 bridgehead atoms. The van der Waals surface area contributed by atoms with Crippen molar-refractivity contribution in [2.75, 3.05) is 13.2 Å². The fraction of sp³-hybridized carbons (Fsp3) is 0.643. The van der Waals surface area contributed by atoms with E-state index in [0.29, 0.717) is 18.5 Å². The van der Waals surface area contributed by atoms with Crippen LogP contribution in [-0.2, 0) is 11.3 Å². The van der Waals surface area contributed by atoms with E-state index in [1.54, 1.807) is 0 Å². The molecule has 1 atom stereocenters. The molecule has 2 heterocycles. The number of nitrogens with one attached hydrogen (secondary N) is 1. The van der Waals surface area contributed by atoms with Gasteiger partial charge in [-0.15, -0.1) is 0 Å². The fourth-order valence-electron chi connectivity index (χ4n) is 1.88. The van der Waals surface area contributed by atoms with Gasteiger partial charge in [-0.2, -0.15) is 0 Å². The molecule has 0 amide bonds. The number of pyridine rings is 1. The second-order valence-corrected chi connectivity index (χ2v) is 4.99. The molecule has 4 nitrogen and oxygen atoms in total. The third-order valence-corrected chi connectivity index (χ3v) is 2.95. The normalized spacial score (nSPS) is 19.4. The first-order valence-corrected chi connectivity index (χ1v) is 6.67. The summed E-state index contributed by atoms with van der Waals surface area (Å²) in [6, 6.07) is 4.46. The lowest BCUT2D eigenvalue weighted by Crippen LogP contribution is -2.21. The molecule has 1 aromatic heterocycles. The van der Waals surface area contributed by atoms with Crippen molar-refractivity contribution in [2.45, 2.75) is 45.4 Å². The first-order chi connectivity index (χ1) is 8.74. The van der Waals surface area contributed by atoms with Crippen molar-refractivity contribution in [1.82, 2.24) is 10.3 Å². The highest BCUT2D eigenvalue weighted by molar-refractivity contribution is 5.17. The number of rotatable bonds is 6. The van der Waals surface area contributed by atoms with Crippen molar-refractivity contribution in [3.05, 3.63) is 23.9 Å². The van der Waals surface area contributed by atoms with Gasteiger partial charge in [0, 0.05) is 31.5 Å². The van der Waals surface area contributed by atoms with Crippen LogP contribution in [0.15, 0.2) is 18.3 Å². The lowest BCUT2D eigenvalue weighted by Gasteiger charge is -2.11. The molecule has 2 rings (SSSR count). The van der Waals surface area contributed by atoms with Crippen molar-refractivity contribution in [1.29, 1.82) is 0 Å². The Morgan fingerprint density at radius 3 is 3.00 bits per heavy atom. The maximum Gasteiger partial charge on any atom is 0.213 e. The molecular formula is C14H22N2O2. The Kier molecular flexibility index (Phi) is 4.96. The average Bonchev–Trinajstić information content (AvgIpc) is 2.88. The third kappa shape index (κ3) is 4.27. The SMILES string of the molecule is CC(C)NCc1ccc(OCC2CCCO2)nc1. The van der Waals surface area contributed by atoms with Crippen LogP contribution in [0.2, 0.25) is 0 Å². The van der Waals surface area contributed by atoms with E-state index < -0.39 is 0 Å². The van der Waals surface area contributed by atoms with Crippen LogP contribution in [-0.4, -0.2) is 30.3 Å². The zero-order valence-electron chi connectivity index (χ0n) is 11.2. The van der Waals surface area contributed by atoms with E-state index in [1.807, 2.05) is 18.3 Å². The Labute approximate surface area is 109 Å². The molecule has 1 unspecified atom stereocenters. The van der Waals surface area contributed by atoms with Gasteiger partial charge in [0.15, 0.2) is 0 Å². The lowest BCUT2D eigenvalue weighted by atomic mass is 10.2. The smallest absolute Gasteiger partial charge is 0.213 e. The van der Waals surface area contributed by atoms with Crippen LogP contribution in [0.4, 0.5) is 0 Å². The molecule has 0 spiro atoms. The van der Waals surface area contributed by atoms with Gasteiger partial charge in [0.2, 0.25) is 5.88 Å². The molecule has 0 aromatic carbocycles. The van der Waals surface area contributed by atoms with Crippen LogP contribution < -0.4 is 10.1 Å². The molecule has 18 heavy (non-hydrogen) atoms. The van der Waals surface area contributed by atoms with E-state index in [9.17, 15) is 0 Å². The molecule has 1 saturated heterocycles. The Bertz CT molecular complexity index is 345. The van der Waals surface area contributed by atoms with Crippen molar-refractivity contribution in [2.24, 2.45) is 0 Å². The van der Waals surface area contributed by atoms with Crippen LogP contribution >= 0.6 is 0 Å². The van der Waals surface area contributed by atoms with Gasteiger partial charge in [-0.3, -0.25) is 0 Å². The summed E-state index contributed by atoms with van der Waals surface area (Å²) in [7, 11) is 0. The highest BCUT2D eigenvalue weighted by atomic mass is 16.5. The van der Waals surface area contributed by atoms with Gasteiger partial charge >= 0.3 is 0 Å². The van der Waals surface area contributed by atoms with Crippen LogP contribution in [0.1, 0.15) is 32.3 Å². The lowest BCUT2D eigenvalue weighted by molar-refractivity contribution is 0.0663. The average molecular weight is 250 g/mol. The topological polar surface area (TPSA) is 43.4 Å². The van der Waals surface area contributed by atoms with Crippen LogP contribution in [0.25, 0.3) is 0 Å². The number of nitrogens with zero attached hydrogens (tertiary/aromatic N) is 1. The molecule has 0 aliphatic carbocycles. The van der Waals surface area contributed by atoms with Crippen molar-refractivity contribution in [3.63, 3.8) is 0 Å². The Balaban J connectivity index is 1.76. The summed E-state index contributed by atoms with van der Waals surface area (Å²) in [5.74, 6) is 0.679. The Morgan fingerprint density at radius 2 is 2.39 bits per heavy atom. The number of hydrogen-bond acceptors (Lipinski definition) is 4. The maximum atomic E-state index is 5.61. The predicted octanol–water partition coefficient (Wildman–Crippen LogP) is 2.14. The zero-order chi connectivity index (χ0) is 12.8. The van der Waals surface area contributed by atoms with E-state index in [-0.39, 0.29) is 6.10 Å². The fourth-order valence-corrected chi connectivity index (χ4v) is 1.88. The van der Waals surface area contributed by atoms with Gasteiger partial charge < -0.3 is 14.8 Å². The Hall–Kier alpha value is -1.13. The van der Waals surface area contributed by atoms with Gasteiger partial charge in [-0.25, -0.2) is 4.98 Å². The minimum absolute atomic E-state index is 0.245.